The van der Waals surface area contributed by atoms with Crippen LogP contribution in [-0.2, 0) is 0 Å². The molecular formula is C19H26FIN4O2. The van der Waals surface area contributed by atoms with Crippen LogP contribution in [0.4, 0.5) is 4.39 Å². The number of rotatable bonds is 8. The lowest BCUT2D eigenvalue weighted by Gasteiger charge is -2.18. The summed E-state index contributed by atoms with van der Waals surface area (Å²) in [7, 11) is 0. The molecule has 1 aromatic heterocycles. The minimum absolute atomic E-state index is 0. The molecule has 2 atom stereocenters. The fourth-order valence-electron chi connectivity index (χ4n) is 2.24. The summed E-state index contributed by atoms with van der Waals surface area (Å²) in [5.41, 5.74) is 0.771. The molecule has 148 valence electrons. The van der Waals surface area contributed by atoms with Crippen molar-refractivity contribution in [3.05, 3.63) is 60.2 Å². The summed E-state index contributed by atoms with van der Waals surface area (Å²) in [4.78, 5) is 8.33. The Bertz CT molecular complexity index is 686. The molecule has 0 spiro atoms. The molecule has 0 radical (unpaired) electrons. The lowest BCUT2D eigenvalue weighted by atomic mass is 10.1. The highest BCUT2D eigenvalue weighted by Gasteiger charge is 2.09. The van der Waals surface area contributed by atoms with Crippen molar-refractivity contribution in [1.82, 2.24) is 15.6 Å². The number of aliphatic hydroxyl groups is 1. The molecule has 0 aliphatic rings. The van der Waals surface area contributed by atoms with E-state index in [1.54, 1.807) is 36.7 Å². The van der Waals surface area contributed by atoms with Gasteiger partial charge in [-0.3, -0.25) is 9.98 Å². The third-order valence-corrected chi connectivity index (χ3v) is 3.57. The number of aromatic nitrogens is 1. The molecule has 0 amide bonds. The number of nitrogens with one attached hydrogen (secondary N) is 2. The number of aliphatic hydroxyl groups excluding tert-OH is 1. The highest BCUT2D eigenvalue weighted by atomic mass is 127. The summed E-state index contributed by atoms with van der Waals surface area (Å²) in [5.74, 6) is 0.906. The Morgan fingerprint density at radius 1 is 1.19 bits per heavy atom. The zero-order chi connectivity index (χ0) is 18.8. The zero-order valence-corrected chi connectivity index (χ0v) is 17.8. The first kappa shape index (κ1) is 23.1. The molecule has 8 heteroatoms. The van der Waals surface area contributed by atoms with E-state index >= 15 is 0 Å². The van der Waals surface area contributed by atoms with E-state index in [2.05, 4.69) is 20.6 Å². The van der Waals surface area contributed by atoms with Gasteiger partial charge in [0, 0.05) is 18.9 Å². The molecule has 2 aromatic rings. The van der Waals surface area contributed by atoms with E-state index in [4.69, 9.17) is 4.74 Å². The number of hydrogen-bond donors (Lipinski definition) is 3. The van der Waals surface area contributed by atoms with Crippen LogP contribution in [0.25, 0.3) is 0 Å². The average molecular weight is 488 g/mol. The van der Waals surface area contributed by atoms with Crippen molar-refractivity contribution in [3.8, 4) is 5.75 Å². The maximum atomic E-state index is 12.9. The average Bonchev–Trinajstić information content (AvgIpc) is 2.66. The van der Waals surface area contributed by atoms with Crippen molar-refractivity contribution >= 4 is 29.9 Å². The van der Waals surface area contributed by atoms with Gasteiger partial charge in [-0.05, 0) is 55.8 Å². The van der Waals surface area contributed by atoms with Crippen LogP contribution < -0.4 is 15.4 Å². The molecule has 6 nitrogen and oxygen atoms in total. The fraction of sp³-hybridized carbons (Fsp3) is 0.368. The maximum absolute atomic E-state index is 12.9. The molecule has 0 bridgehead atoms. The van der Waals surface area contributed by atoms with Gasteiger partial charge in [0.2, 0.25) is 0 Å². The van der Waals surface area contributed by atoms with Gasteiger partial charge in [0.1, 0.15) is 17.7 Å². The molecule has 0 saturated heterocycles. The minimum atomic E-state index is -0.693. The van der Waals surface area contributed by atoms with Crippen LogP contribution in [0.15, 0.2) is 53.8 Å². The molecule has 2 unspecified atom stereocenters. The van der Waals surface area contributed by atoms with Crippen molar-refractivity contribution in [2.75, 3.05) is 19.6 Å². The molecule has 2 rings (SSSR count). The Kier molecular flexibility index (Phi) is 10.6. The molecule has 27 heavy (non-hydrogen) atoms. The second-order valence-corrected chi connectivity index (χ2v) is 5.78. The van der Waals surface area contributed by atoms with Crippen LogP contribution in [0.5, 0.6) is 5.75 Å². The zero-order valence-electron chi connectivity index (χ0n) is 15.4. The lowest BCUT2D eigenvalue weighted by molar-refractivity contribution is 0.187. The van der Waals surface area contributed by atoms with Crippen molar-refractivity contribution in [2.24, 2.45) is 4.99 Å². The summed E-state index contributed by atoms with van der Waals surface area (Å²) in [5, 5.41) is 16.5. The SMILES string of the molecule is CCNC(=NCC(O)c1ccncc1)NCC(C)Oc1ccc(F)cc1.I. The van der Waals surface area contributed by atoms with Crippen molar-refractivity contribution in [2.45, 2.75) is 26.1 Å². The van der Waals surface area contributed by atoms with E-state index in [0.29, 0.717) is 24.8 Å². The van der Waals surface area contributed by atoms with Gasteiger partial charge in [-0.1, -0.05) is 0 Å². The van der Waals surface area contributed by atoms with Gasteiger partial charge in [0.25, 0.3) is 0 Å². The van der Waals surface area contributed by atoms with Gasteiger partial charge in [-0.25, -0.2) is 4.39 Å². The second-order valence-electron chi connectivity index (χ2n) is 5.78. The summed E-state index contributed by atoms with van der Waals surface area (Å²) in [6.45, 7) is 5.31. The van der Waals surface area contributed by atoms with Crippen LogP contribution in [-0.4, -0.2) is 41.8 Å². The van der Waals surface area contributed by atoms with Gasteiger partial charge in [-0.15, -0.1) is 24.0 Å². The normalized spacial score (nSPS) is 13.3. The van der Waals surface area contributed by atoms with E-state index < -0.39 is 6.10 Å². The summed E-state index contributed by atoms with van der Waals surface area (Å²) < 4.78 is 18.6. The minimum Gasteiger partial charge on any atom is -0.489 e. The second kappa shape index (κ2) is 12.4. The summed E-state index contributed by atoms with van der Waals surface area (Å²) in [6, 6.07) is 9.44. The Hall–Kier alpha value is -1.94. The largest absolute Gasteiger partial charge is 0.489 e. The predicted molar refractivity (Wildman–Crippen MR) is 115 cm³/mol. The first-order valence-electron chi connectivity index (χ1n) is 8.61. The summed E-state index contributed by atoms with van der Waals surface area (Å²) in [6.07, 6.45) is 2.44. The van der Waals surface area contributed by atoms with E-state index in [1.165, 1.54) is 12.1 Å². The topological polar surface area (TPSA) is 78.8 Å². The smallest absolute Gasteiger partial charge is 0.191 e. The molecule has 0 aliphatic carbocycles. The van der Waals surface area contributed by atoms with Crippen molar-refractivity contribution < 1.29 is 14.2 Å². The number of hydrogen-bond acceptors (Lipinski definition) is 4. The quantitative estimate of drug-likeness (QED) is 0.303. The third kappa shape index (κ3) is 8.53. The predicted octanol–water partition coefficient (Wildman–Crippen LogP) is 2.89. The molecule has 1 aromatic carbocycles. The third-order valence-electron chi connectivity index (χ3n) is 3.57. The van der Waals surface area contributed by atoms with Crippen molar-refractivity contribution in [3.63, 3.8) is 0 Å². The van der Waals surface area contributed by atoms with Gasteiger partial charge >= 0.3 is 0 Å². The van der Waals surface area contributed by atoms with Gasteiger partial charge in [-0.2, -0.15) is 0 Å². The summed E-state index contributed by atoms with van der Waals surface area (Å²) >= 11 is 0. The van der Waals surface area contributed by atoms with Gasteiger partial charge in [0.05, 0.1) is 19.2 Å². The van der Waals surface area contributed by atoms with E-state index in [1.807, 2.05) is 13.8 Å². The molecular weight excluding hydrogens is 462 g/mol. The highest BCUT2D eigenvalue weighted by Crippen LogP contribution is 2.13. The first-order chi connectivity index (χ1) is 12.6. The highest BCUT2D eigenvalue weighted by molar-refractivity contribution is 14.0. The van der Waals surface area contributed by atoms with Crippen LogP contribution in [0.1, 0.15) is 25.5 Å². The van der Waals surface area contributed by atoms with Crippen LogP contribution >= 0.6 is 24.0 Å². The molecule has 0 saturated carbocycles. The number of pyridine rings is 1. The standard InChI is InChI=1S/C19H25FN4O2.HI/c1-3-22-19(24-13-18(25)15-8-10-21-11-9-15)23-12-14(2)26-17-6-4-16(20)5-7-17;/h4-11,14,18,25H,3,12-13H2,1-2H3,(H2,22,23,24);1H. The first-order valence-corrected chi connectivity index (χ1v) is 8.61. The Morgan fingerprint density at radius 3 is 2.48 bits per heavy atom. The Morgan fingerprint density at radius 2 is 1.85 bits per heavy atom. The molecule has 0 fully saturated rings. The molecule has 0 aliphatic heterocycles. The van der Waals surface area contributed by atoms with Gasteiger partial charge in [0.15, 0.2) is 5.96 Å². The van der Waals surface area contributed by atoms with Crippen LogP contribution in [0, 0.1) is 5.82 Å². The van der Waals surface area contributed by atoms with E-state index in [9.17, 15) is 9.50 Å². The van der Waals surface area contributed by atoms with E-state index in [-0.39, 0.29) is 42.4 Å². The van der Waals surface area contributed by atoms with Crippen LogP contribution in [0.2, 0.25) is 0 Å². The lowest BCUT2D eigenvalue weighted by Crippen LogP contribution is -2.42. The Labute approximate surface area is 176 Å². The van der Waals surface area contributed by atoms with Crippen LogP contribution in [0.3, 0.4) is 0 Å². The monoisotopic (exact) mass is 488 g/mol. The number of nitrogens with zero attached hydrogens (tertiary/aromatic N) is 2. The van der Waals surface area contributed by atoms with Gasteiger partial charge < -0.3 is 20.5 Å². The number of guanidine groups is 1. The number of aliphatic imine (C=N–C) groups is 1. The number of benzene rings is 1. The molecule has 3 N–H and O–H groups in total. The fourth-order valence-corrected chi connectivity index (χ4v) is 2.24. The van der Waals surface area contributed by atoms with E-state index in [0.717, 1.165) is 5.56 Å². The Balaban J connectivity index is 0.00000364. The molecule has 1 heterocycles. The number of ether oxygens (including phenoxy) is 1. The van der Waals surface area contributed by atoms with Crippen molar-refractivity contribution in [1.29, 1.82) is 0 Å². The maximum Gasteiger partial charge on any atom is 0.191 e. The number of halogens is 2.